The number of imidazole rings is 1. The van der Waals surface area contributed by atoms with E-state index in [9.17, 15) is 13.2 Å². The summed E-state index contributed by atoms with van der Waals surface area (Å²) < 4.78 is 39.1. The van der Waals surface area contributed by atoms with Crippen LogP contribution in [0.2, 0.25) is 0 Å². The monoisotopic (exact) mass is 241 g/mol. The number of nitrogens with zero attached hydrogens (tertiary/aromatic N) is 2. The molecule has 0 radical (unpaired) electrons. The third-order valence-corrected chi connectivity index (χ3v) is 2.27. The van der Waals surface area contributed by atoms with Gasteiger partial charge in [0.25, 0.3) is 0 Å². The van der Waals surface area contributed by atoms with E-state index >= 15 is 0 Å². The number of hydrogen-bond acceptors (Lipinski definition) is 2. The van der Waals surface area contributed by atoms with Gasteiger partial charge in [0.1, 0.15) is 0 Å². The average molecular weight is 241 g/mol. The molecule has 2 aromatic rings. The molecule has 0 atom stereocenters. The Balaban J connectivity index is 2.26. The molecule has 0 aliphatic carbocycles. The highest BCUT2D eigenvalue weighted by Gasteiger charge is 2.30. The van der Waals surface area contributed by atoms with Gasteiger partial charge in [0.05, 0.1) is 5.56 Å². The van der Waals surface area contributed by atoms with Crippen LogP contribution in [0.4, 0.5) is 24.8 Å². The van der Waals surface area contributed by atoms with Crippen LogP contribution in [0.1, 0.15) is 5.56 Å². The van der Waals surface area contributed by atoms with Crippen LogP contribution in [-0.2, 0) is 13.2 Å². The topological polar surface area (TPSA) is 29.9 Å². The summed E-state index contributed by atoms with van der Waals surface area (Å²) in [6.45, 7) is 0. The molecular weight excluding hydrogens is 231 g/mol. The first kappa shape index (κ1) is 11.5. The van der Waals surface area contributed by atoms with Crippen molar-refractivity contribution in [2.45, 2.75) is 6.18 Å². The SMILES string of the molecule is Cn1ccnc1Nc1cccc(C(F)(F)F)c1. The molecule has 90 valence electrons. The van der Waals surface area contributed by atoms with Crippen molar-refractivity contribution in [2.24, 2.45) is 7.05 Å². The Hall–Kier alpha value is -1.98. The van der Waals surface area contributed by atoms with Gasteiger partial charge >= 0.3 is 6.18 Å². The van der Waals surface area contributed by atoms with Crippen molar-refractivity contribution >= 4 is 11.6 Å². The fraction of sp³-hybridized carbons (Fsp3) is 0.182. The third kappa shape index (κ3) is 2.58. The Morgan fingerprint density at radius 2 is 2.06 bits per heavy atom. The molecule has 0 unspecified atom stereocenters. The molecule has 1 heterocycles. The van der Waals surface area contributed by atoms with E-state index in [0.717, 1.165) is 12.1 Å². The van der Waals surface area contributed by atoms with Crippen LogP contribution < -0.4 is 5.32 Å². The summed E-state index contributed by atoms with van der Waals surface area (Å²) in [7, 11) is 1.75. The number of halogens is 3. The summed E-state index contributed by atoms with van der Waals surface area (Å²) in [5.41, 5.74) is -0.328. The van der Waals surface area contributed by atoms with E-state index in [1.807, 2.05) is 0 Å². The molecule has 6 heteroatoms. The average Bonchev–Trinajstić information content (AvgIpc) is 2.64. The lowest BCUT2D eigenvalue weighted by Crippen LogP contribution is -2.06. The zero-order chi connectivity index (χ0) is 12.5. The number of hydrogen-bond donors (Lipinski definition) is 1. The molecule has 0 amide bonds. The zero-order valence-electron chi connectivity index (χ0n) is 8.99. The molecule has 17 heavy (non-hydrogen) atoms. The maximum absolute atomic E-state index is 12.5. The fourth-order valence-corrected chi connectivity index (χ4v) is 1.39. The lowest BCUT2D eigenvalue weighted by Gasteiger charge is -2.10. The molecule has 0 fully saturated rings. The van der Waals surface area contributed by atoms with Crippen LogP contribution in [0.15, 0.2) is 36.7 Å². The van der Waals surface area contributed by atoms with Gasteiger partial charge in [-0.25, -0.2) is 4.98 Å². The molecular formula is C11H10F3N3. The van der Waals surface area contributed by atoms with Crippen molar-refractivity contribution in [3.05, 3.63) is 42.2 Å². The molecule has 1 N–H and O–H groups in total. The summed E-state index contributed by atoms with van der Waals surface area (Å²) >= 11 is 0. The van der Waals surface area contributed by atoms with Crippen molar-refractivity contribution < 1.29 is 13.2 Å². The second-order valence-electron chi connectivity index (χ2n) is 3.57. The van der Waals surface area contributed by atoms with E-state index in [1.165, 1.54) is 6.07 Å². The van der Waals surface area contributed by atoms with Gasteiger partial charge in [-0.3, -0.25) is 0 Å². The normalized spacial score (nSPS) is 11.5. The Morgan fingerprint density at radius 1 is 1.29 bits per heavy atom. The molecule has 1 aromatic carbocycles. The number of aromatic nitrogens is 2. The summed E-state index contributed by atoms with van der Waals surface area (Å²) in [5, 5.41) is 2.82. The van der Waals surface area contributed by atoms with E-state index in [0.29, 0.717) is 11.6 Å². The highest BCUT2D eigenvalue weighted by molar-refractivity contribution is 5.55. The van der Waals surface area contributed by atoms with Crippen molar-refractivity contribution in [3.8, 4) is 0 Å². The smallest absolute Gasteiger partial charge is 0.326 e. The van der Waals surface area contributed by atoms with Gasteiger partial charge in [0.2, 0.25) is 5.95 Å². The van der Waals surface area contributed by atoms with Crippen molar-refractivity contribution in [2.75, 3.05) is 5.32 Å². The number of rotatable bonds is 2. The molecule has 0 saturated heterocycles. The number of aryl methyl sites for hydroxylation is 1. The number of nitrogens with one attached hydrogen (secondary N) is 1. The highest BCUT2D eigenvalue weighted by atomic mass is 19.4. The molecule has 0 bridgehead atoms. The lowest BCUT2D eigenvalue weighted by atomic mass is 10.2. The van der Waals surface area contributed by atoms with Crippen LogP contribution in [0, 0.1) is 0 Å². The first-order valence-electron chi connectivity index (χ1n) is 4.88. The van der Waals surface area contributed by atoms with Gasteiger partial charge in [0.15, 0.2) is 0 Å². The largest absolute Gasteiger partial charge is 0.416 e. The van der Waals surface area contributed by atoms with Crippen LogP contribution >= 0.6 is 0 Å². The van der Waals surface area contributed by atoms with Gasteiger partial charge in [0, 0.05) is 25.1 Å². The molecule has 0 aliphatic heterocycles. The van der Waals surface area contributed by atoms with Gasteiger partial charge in [-0.05, 0) is 18.2 Å². The molecule has 0 spiro atoms. The number of benzene rings is 1. The summed E-state index contributed by atoms with van der Waals surface area (Å²) in [6.07, 6.45) is -1.06. The molecule has 3 nitrogen and oxygen atoms in total. The van der Waals surface area contributed by atoms with Gasteiger partial charge in [-0.2, -0.15) is 13.2 Å². The second kappa shape index (κ2) is 4.12. The van der Waals surface area contributed by atoms with Crippen LogP contribution in [-0.4, -0.2) is 9.55 Å². The van der Waals surface area contributed by atoms with Gasteiger partial charge in [-0.1, -0.05) is 6.07 Å². The molecule has 0 aliphatic rings. The van der Waals surface area contributed by atoms with E-state index in [1.54, 1.807) is 30.1 Å². The van der Waals surface area contributed by atoms with E-state index in [-0.39, 0.29) is 0 Å². The van der Waals surface area contributed by atoms with Gasteiger partial charge in [-0.15, -0.1) is 0 Å². The lowest BCUT2D eigenvalue weighted by molar-refractivity contribution is -0.137. The third-order valence-electron chi connectivity index (χ3n) is 2.27. The van der Waals surface area contributed by atoms with E-state index in [2.05, 4.69) is 10.3 Å². The summed E-state index contributed by atoms with van der Waals surface area (Å²) in [6, 6.07) is 5.00. The first-order valence-corrected chi connectivity index (χ1v) is 4.88. The number of anilines is 2. The second-order valence-corrected chi connectivity index (χ2v) is 3.57. The summed E-state index contributed by atoms with van der Waals surface area (Å²) in [4.78, 5) is 3.97. The minimum Gasteiger partial charge on any atom is -0.326 e. The van der Waals surface area contributed by atoms with Crippen LogP contribution in [0.5, 0.6) is 0 Å². The first-order chi connectivity index (χ1) is 7.97. The molecule has 1 aromatic heterocycles. The van der Waals surface area contributed by atoms with Crippen LogP contribution in [0.25, 0.3) is 0 Å². The molecule has 2 rings (SSSR count). The maximum atomic E-state index is 12.5. The van der Waals surface area contributed by atoms with E-state index < -0.39 is 11.7 Å². The minimum atomic E-state index is -4.33. The van der Waals surface area contributed by atoms with Crippen LogP contribution in [0.3, 0.4) is 0 Å². The van der Waals surface area contributed by atoms with Crippen molar-refractivity contribution in [1.82, 2.24) is 9.55 Å². The van der Waals surface area contributed by atoms with Crippen molar-refractivity contribution in [3.63, 3.8) is 0 Å². The Bertz CT molecular complexity index is 517. The van der Waals surface area contributed by atoms with Crippen molar-refractivity contribution in [1.29, 1.82) is 0 Å². The standard InChI is InChI=1S/C11H10F3N3/c1-17-6-5-15-10(17)16-9-4-2-3-8(7-9)11(12,13)14/h2-7H,1H3,(H,15,16). The minimum absolute atomic E-state index is 0.356. The predicted molar refractivity (Wildman–Crippen MR) is 57.9 cm³/mol. The highest BCUT2D eigenvalue weighted by Crippen LogP contribution is 2.31. The fourth-order valence-electron chi connectivity index (χ4n) is 1.39. The quantitative estimate of drug-likeness (QED) is 0.875. The van der Waals surface area contributed by atoms with E-state index in [4.69, 9.17) is 0 Å². The Kier molecular flexibility index (Phi) is 2.79. The predicted octanol–water partition coefficient (Wildman–Crippen LogP) is 3.18. The number of alkyl halides is 3. The maximum Gasteiger partial charge on any atom is 0.416 e. The Labute approximate surface area is 95.9 Å². The van der Waals surface area contributed by atoms with Gasteiger partial charge < -0.3 is 9.88 Å². The zero-order valence-corrected chi connectivity index (χ0v) is 8.99. The Morgan fingerprint density at radius 3 is 2.65 bits per heavy atom. The molecule has 0 saturated carbocycles. The summed E-state index contributed by atoms with van der Waals surface area (Å²) in [5.74, 6) is 0.490.